The molecule has 3 aromatic carbocycles. The van der Waals surface area contributed by atoms with Crippen LogP contribution in [0.4, 0.5) is 10.1 Å². The van der Waals surface area contributed by atoms with Crippen LogP contribution >= 0.6 is 11.6 Å². The minimum absolute atomic E-state index is 0.101. The molecule has 0 radical (unpaired) electrons. The molecule has 0 aromatic heterocycles. The van der Waals surface area contributed by atoms with E-state index in [1.807, 2.05) is 50.0 Å². The first kappa shape index (κ1) is 23.8. The molecule has 2 aliphatic heterocycles. The number of carbonyl (C=O) groups excluding carboxylic acids is 3. The Morgan fingerprint density at radius 2 is 1.57 bits per heavy atom. The van der Waals surface area contributed by atoms with Crippen molar-refractivity contribution in [3.8, 4) is 0 Å². The summed E-state index contributed by atoms with van der Waals surface area (Å²) in [7, 11) is 0. The molecule has 6 rings (SSSR count). The lowest BCUT2D eigenvalue weighted by Crippen LogP contribution is -2.49. The molecule has 3 aromatic rings. The zero-order valence-electron chi connectivity index (χ0n) is 20.7. The smallest absolute Gasteiger partial charge is 0.180 e. The highest BCUT2D eigenvalue weighted by atomic mass is 35.5. The minimum Gasteiger partial charge on any atom is -0.352 e. The molecule has 4 nitrogen and oxygen atoms in total. The third-order valence-corrected chi connectivity index (χ3v) is 8.24. The van der Waals surface area contributed by atoms with Crippen molar-refractivity contribution in [2.45, 2.75) is 38.8 Å². The van der Waals surface area contributed by atoms with Crippen LogP contribution in [0.5, 0.6) is 0 Å². The number of anilines is 1. The fourth-order valence-corrected chi connectivity index (χ4v) is 6.62. The second-order valence-corrected chi connectivity index (χ2v) is 11.5. The molecule has 0 amide bonds. The second kappa shape index (κ2) is 7.96. The molecular weight excluding hydrogens is 489 g/mol. The third kappa shape index (κ3) is 3.16. The van der Waals surface area contributed by atoms with Gasteiger partial charge in [-0.05, 0) is 41.5 Å². The molecule has 3 aliphatic rings. The van der Waals surface area contributed by atoms with E-state index in [4.69, 9.17) is 11.6 Å². The minimum atomic E-state index is -1.58. The standard InChI is InChI=1S/C31H25ClFNO3/c1-30(2,3)29(37)26-25(17-8-12-20(33)13-9-17)31(27(35)21-6-4-5-7-22(21)28(31)36)24-15-10-18-16-19(32)11-14-23(18)34(24)26/h4-16,24-26H,1-3H3/t24-,25-,26+/m0/s1. The van der Waals surface area contributed by atoms with Crippen LogP contribution in [0.15, 0.2) is 72.8 Å². The maximum Gasteiger partial charge on any atom is 0.180 e. The summed E-state index contributed by atoms with van der Waals surface area (Å²) in [6.45, 7) is 5.52. The van der Waals surface area contributed by atoms with Crippen LogP contribution in [0.1, 0.15) is 58.5 Å². The SMILES string of the molecule is CC(C)(C)C(=O)[C@H]1[C@H](c2ccc(F)cc2)C2(C(=O)c3ccccc3C2=O)[C@@H]2C=Cc3cc(Cl)ccc3N21. The van der Waals surface area contributed by atoms with E-state index in [0.717, 1.165) is 11.3 Å². The number of Topliss-reactive ketones (excluding diaryl/α,β-unsaturated/α-hetero) is 3. The number of hydrogen-bond donors (Lipinski definition) is 0. The van der Waals surface area contributed by atoms with Crippen LogP contribution in [0, 0.1) is 16.6 Å². The van der Waals surface area contributed by atoms with Crippen LogP contribution in [0.25, 0.3) is 6.08 Å². The number of rotatable bonds is 2. The van der Waals surface area contributed by atoms with Crippen molar-refractivity contribution in [2.24, 2.45) is 10.8 Å². The average molecular weight is 514 g/mol. The van der Waals surface area contributed by atoms with E-state index in [1.54, 1.807) is 42.5 Å². The zero-order valence-corrected chi connectivity index (χ0v) is 21.4. The van der Waals surface area contributed by atoms with Gasteiger partial charge in [-0.1, -0.05) is 80.9 Å². The molecule has 0 unspecified atom stereocenters. The number of halogens is 2. The average Bonchev–Trinajstić information content (AvgIpc) is 3.29. The lowest BCUT2D eigenvalue weighted by Gasteiger charge is -2.38. The Hall–Kier alpha value is -3.57. The van der Waals surface area contributed by atoms with E-state index in [9.17, 15) is 18.8 Å². The summed E-state index contributed by atoms with van der Waals surface area (Å²) in [6, 6.07) is 16.5. The summed E-state index contributed by atoms with van der Waals surface area (Å²) in [4.78, 5) is 45.1. The lowest BCUT2D eigenvalue weighted by molar-refractivity contribution is -0.127. The molecule has 37 heavy (non-hydrogen) atoms. The van der Waals surface area contributed by atoms with Crippen LogP contribution in [-0.4, -0.2) is 29.4 Å². The predicted octanol–water partition coefficient (Wildman–Crippen LogP) is 6.53. The number of nitrogens with zero attached hydrogens (tertiary/aromatic N) is 1. The normalized spacial score (nSPS) is 23.3. The van der Waals surface area contributed by atoms with Crippen LogP contribution in [0.2, 0.25) is 5.02 Å². The van der Waals surface area contributed by atoms with Crippen molar-refractivity contribution in [1.29, 1.82) is 0 Å². The van der Waals surface area contributed by atoms with Gasteiger partial charge in [0.05, 0.1) is 12.1 Å². The summed E-state index contributed by atoms with van der Waals surface area (Å²) < 4.78 is 14.1. The summed E-state index contributed by atoms with van der Waals surface area (Å²) in [5.74, 6) is -1.97. The van der Waals surface area contributed by atoms with Crippen LogP contribution < -0.4 is 4.90 Å². The quantitative estimate of drug-likeness (QED) is 0.366. The van der Waals surface area contributed by atoms with E-state index in [-0.39, 0.29) is 17.3 Å². The molecule has 3 atom stereocenters. The second-order valence-electron chi connectivity index (χ2n) is 11.1. The van der Waals surface area contributed by atoms with Gasteiger partial charge >= 0.3 is 0 Å². The Bertz CT molecular complexity index is 1480. The van der Waals surface area contributed by atoms with Gasteiger partial charge in [0.25, 0.3) is 0 Å². The first-order valence-corrected chi connectivity index (χ1v) is 12.7. The summed E-state index contributed by atoms with van der Waals surface area (Å²) in [5, 5.41) is 0.546. The van der Waals surface area contributed by atoms with Crippen LogP contribution in [0.3, 0.4) is 0 Å². The number of ketones is 3. The molecule has 0 bridgehead atoms. The van der Waals surface area contributed by atoms with Crippen molar-refractivity contribution < 1.29 is 18.8 Å². The first-order chi connectivity index (χ1) is 17.6. The van der Waals surface area contributed by atoms with Crippen molar-refractivity contribution in [2.75, 3.05) is 4.90 Å². The lowest BCUT2D eigenvalue weighted by atomic mass is 9.63. The van der Waals surface area contributed by atoms with Gasteiger partial charge in [0.2, 0.25) is 0 Å². The van der Waals surface area contributed by atoms with E-state index in [0.29, 0.717) is 21.7 Å². The van der Waals surface area contributed by atoms with Gasteiger partial charge in [-0.15, -0.1) is 0 Å². The Morgan fingerprint density at radius 1 is 0.946 bits per heavy atom. The van der Waals surface area contributed by atoms with Crippen molar-refractivity contribution in [1.82, 2.24) is 0 Å². The van der Waals surface area contributed by atoms with Gasteiger partial charge in [0.15, 0.2) is 17.3 Å². The number of benzene rings is 3. The highest BCUT2D eigenvalue weighted by molar-refractivity contribution is 6.32. The zero-order chi connectivity index (χ0) is 26.3. The van der Waals surface area contributed by atoms with E-state index in [2.05, 4.69) is 0 Å². The Balaban J connectivity index is 1.70. The van der Waals surface area contributed by atoms with Crippen LogP contribution in [-0.2, 0) is 4.79 Å². The van der Waals surface area contributed by atoms with E-state index < -0.39 is 34.6 Å². The molecule has 1 spiro atoms. The van der Waals surface area contributed by atoms with Gasteiger partial charge in [0, 0.05) is 33.2 Å². The molecule has 1 saturated heterocycles. The summed E-state index contributed by atoms with van der Waals surface area (Å²) >= 11 is 6.30. The number of carbonyl (C=O) groups is 3. The molecule has 1 aliphatic carbocycles. The van der Waals surface area contributed by atoms with Crippen molar-refractivity contribution >= 4 is 40.7 Å². The molecule has 1 fully saturated rings. The maximum atomic E-state index is 14.4. The summed E-state index contributed by atoms with van der Waals surface area (Å²) in [6.07, 6.45) is 3.73. The first-order valence-electron chi connectivity index (χ1n) is 12.3. The monoisotopic (exact) mass is 513 g/mol. The molecule has 2 heterocycles. The highest BCUT2D eigenvalue weighted by Crippen LogP contribution is 2.61. The number of fused-ring (bicyclic) bond motifs is 5. The van der Waals surface area contributed by atoms with Crippen molar-refractivity contribution in [3.63, 3.8) is 0 Å². The largest absolute Gasteiger partial charge is 0.352 e. The highest BCUT2D eigenvalue weighted by Gasteiger charge is 2.71. The van der Waals surface area contributed by atoms with Gasteiger partial charge in [-0.2, -0.15) is 0 Å². The molecule has 0 saturated carbocycles. The number of hydrogen-bond acceptors (Lipinski definition) is 4. The van der Waals surface area contributed by atoms with Gasteiger partial charge < -0.3 is 4.90 Å². The van der Waals surface area contributed by atoms with E-state index >= 15 is 0 Å². The topological polar surface area (TPSA) is 54.5 Å². The van der Waals surface area contributed by atoms with Gasteiger partial charge in [-0.3, -0.25) is 14.4 Å². The molecule has 6 heteroatoms. The Kier molecular flexibility index (Phi) is 5.12. The predicted molar refractivity (Wildman–Crippen MR) is 142 cm³/mol. The van der Waals surface area contributed by atoms with Gasteiger partial charge in [0.1, 0.15) is 11.2 Å². The Labute approximate surface area is 219 Å². The Morgan fingerprint density at radius 3 is 2.16 bits per heavy atom. The van der Waals surface area contributed by atoms with Gasteiger partial charge in [-0.25, -0.2) is 4.39 Å². The van der Waals surface area contributed by atoms with E-state index in [1.165, 1.54) is 12.1 Å². The third-order valence-electron chi connectivity index (χ3n) is 8.00. The molecule has 186 valence electrons. The summed E-state index contributed by atoms with van der Waals surface area (Å²) in [5.41, 5.74) is 0.487. The fourth-order valence-electron chi connectivity index (χ4n) is 6.43. The fraction of sp³-hybridized carbons (Fsp3) is 0.258. The maximum absolute atomic E-state index is 14.4. The molecule has 0 N–H and O–H groups in total. The van der Waals surface area contributed by atoms with Crippen molar-refractivity contribution in [3.05, 3.63) is 106 Å². The molecular formula is C31H25ClFNO3.